The number of carboxylic acid groups (broad SMARTS) is 1. The average molecular weight is 579 g/mol. The molecule has 6 nitrogen and oxygen atoms in total. The maximum Gasteiger partial charge on any atom is 0.309 e. The summed E-state index contributed by atoms with van der Waals surface area (Å²) in [6.45, 7) is 8.44. The van der Waals surface area contributed by atoms with E-state index >= 15 is 4.39 Å². The Morgan fingerprint density at radius 1 is 1.12 bits per heavy atom. The molecule has 0 saturated heterocycles. The summed E-state index contributed by atoms with van der Waals surface area (Å²) in [6, 6.07) is 18.6. The van der Waals surface area contributed by atoms with Crippen LogP contribution in [0.3, 0.4) is 0 Å². The number of carbonyl (C=O) groups is 3. The number of fused-ring (bicyclic) bond motifs is 1. The molecule has 2 unspecified atom stereocenters. The summed E-state index contributed by atoms with van der Waals surface area (Å²) in [5.74, 6) is -2.08. The number of nitrogens with zero attached hydrogens (tertiary/aromatic N) is 1. The molecule has 0 aliphatic carbocycles. The number of carbonyl (C=O) groups excluding carboxylic acids is 2. The number of benzene rings is 3. The highest BCUT2D eigenvalue weighted by Gasteiger charge is 2.44. The van der Waals surface area contributed by atoms with Gasteiger partial charge in [0.25, 0.3) is 0 Å². The van der Waals surface area contributed by atoms with E-state index in [2.05, 4.69) is 5.32 Å². The van der Waals surface area contributed by atoms with Crippen LogP contribution < -0.4 is 10.2 Å². The molecule has 2 N–H and O–H groups in total. The van der Waals surface area contributed by atoms with Crippen molar-refractivity contribution in [3.8, 4) is 0 Å². The van der Waals surface area contributed by atoms with Gasteiger partial charge in [-0.1, -0.05) is 48.9 Å². The lowest BCUT2D eigenvalue weighted by molar-refractivity contribution is -0.147. The fourth-order valence-corrected chi connectivity index (χ4v) is 5.66. The molecule has 0 saturated carbocycles. The second kappa shape index (κ2) is 11.6. The van der Waals surface area contributed by atoms with Crippen molar-refractivity contribution in [1.82, 2.24) is 0 Å². The molecule has 1 amide bonds. The third-order valence-electron chi connectivity index (χ3n) is 8.16. The zero-order chi connectivity index (χ0) is 30.1. The molecule has 8 heteroatoms. The zero-order valence-electron chi connectivity index (χ0n) is 24.0. The van der Waals surface area contributed by atoms with Gasteiger partial charge in [-0.25, -0.2) is 4.39 Å². The van der Waals surface area contributed by atoms with Crippen molar-refractivity contribution in [3.05, 3.63) is 94.3 Å². The third-order valence-corrected chi connectivity index (χ3v) is 8.42. The second-order valence-electron chi connectivity index (χ2n) is 11.8. The van der Waals surface area contributed by atoms with Gasteiger partial charge in [0, 0.05) is 35.3 Å². The second-order valence-corrected chi connectivity index (χ2v) is 12.3. The number of nitrogens with one attached hydrogen (secondary N) is 1. The lowest BCUT2D eigenvalue weighted by Crippen LogP contribution is -2.51. The Bertz CT molecular complexity index is 1470. The summed E-state index contributed by atoms with van der Waals surface area (Å²) >= 11 is 6.10. The first-order valence-corrected chi connectivity index (χ1v) is 14.1. The van der Waals surface area contributed by atoms with Crippen LogP contribution in [0.4, 0.5) is 15.8 Å². The molecule has 0 fully saturated rings. The number of aliphatic carboxylic acids is 1. The number of halogens is 2. The molecule has 41 heavy (non-hydrogen) atoms. The molecule has 0 radical (unpaired) electrons. The smallest absolute Gasteiger partial charge is 0.309 e. The number of carboxylic acids is 1. The monoisotopic (exact) mass is 578 g/mol. The van der Waals surface area contributed by atoms with E-state index in [-0.39, 0.29) is 29.6 Å². The summed E-state index contributed by atoms with van der Waals surface area (Å²) in [7, 11) is 0. The van der Waals surface area contributed by atoms with Gasteiger partial charge in [0.15, 0.2) is 5.78 Å². The van der Waals surface area contributed by atoms with E-state index in [4.69, 9.17) is 11.6 Å². The van der Waals surface area contributed by atoms with Crippen LogP contribution in [0.25, 0.3) is 0 Å². The van der Waals surface area contributed by atoms with E-state index < -0.39 is 28.8 Å². The molecule has 0 bridgehead atoms. The first-order chi connectivity index (χ1) is 19.2. The van der Waals surface area contributed by atoms with Crippen molar-refractivity contribution in [2.24, 2.45) is 5.41 Å². The number of Topliss-reactive ketones (excluding diaryl/α,β-unsaturated/α-hetero) is 1. The van der Waals surface area contributed by atoms with E-state index in [1.807, 2.05) is 31.2 Å². The van der Waals surface area contributed by atoms with Crippen molar-refractivity contribution >= 4 is 40.6 Å². The highest BCUT2D eigenvalue weighted by molar-refractivity contribution is 6.30. The van der Waals surface area contributed by atoms with Crippen molar-refractivity contribution in [2.75, 3.05) is 10.2 Å². The van der Waals surface area contributed by atoms with Crippen LogP contribution in [0, 0.1) is 11.2 Å². The van der Waals surface area contributed by atoms with Gasteiger partial charge < -0.3 is 15.3 Å². The molecular weight excluding hydrogens is 543 g/mol. The highest BCUT2D eigenvalue weighted by atomic mass is 35.5. The molecule has 0 aromatic heterocycles. The van der Waals surface area contributed by atoms with Gasteiger partial charge in [-0.3, -0.25) is 14.4 Å². The Balaban J connectivity index is 1.64. The SMILES string of the molecule is CC(=O)N(c1ccc(Cl)cc1)[C@@H]1CC(C)(C(=O)c2ccc(C(C)CCC(C)(C)C(=O)O)c(F)c2)Nc2ccccc21. The molecular formula is C33H36ClFN2O4. The number of amides is 1. The summed E-state index contributed by atoms with van der Waals surface area (Å²) < 4.78 is 15.4. The van der Waals surface area contributed by atoms with Crippen molar-refractivity contribution in [2.45, 2.75) is 71.4 Å². The maximum absolute atomic E-state index is 15.4. The van der Waals surface area contributed by atoms with Crippen molar-refractivity contribution < 1.29 is 23.9 Å². The van der Waals surface area contributed by atoms with Crippen LogP contribution in [-0.4, -0.2) is 28.3 Å². The number of rotatable bonds is 9. The predicted molar refractivity (Wildman–Crippen MR) is 160 cm³/mol. The van der Waals surface area contributed by atoms with Gasteiger partial charge in [0.2, 0.25) is 5.91 Å². The van der Waals surface area contributed by atoms with Gasteiger partial charge in [0.1, 0.15) is 11.4 Å². The number of hydrogen-bond donors (Lipinski definition) is 2. The van der Waals surface area contributed by atoms with Gasteiger partial charge in [-0.15, -0.1) is 0 Å². The Kier molecular flexibility index (Phi) is 8.59. The standard InChI is InChI=1S/C33H36ClFN2O4/c1-20(16-17-32(3,4)31(40)41)25-15-10-22(18-27(25)35)30(39)33(5)19-29(26-8-6-7-9-28(26)36-33)37(21(2)38)24-13-11-23(34)12-14-24/h6-15,18,20,29,36H,16-17,19H2,1-5H3,(H,40,41)/t20?,29-,33?/m1/s1. The molecule has 3 aromatic carbocycles. The van der Waals surface area contributed by atoms with Crippen LogP contribution in [-0.2, 0) is 9.59 Å². The van der Waals surface area contributed by atoms with Crippen LogP contribution in [0.1, 0.15) is 87.3 Å². The summed E-state index contributed by atoms with van der Waals surface area (Å²) in [5, 5.41) is 13.3. The summed E-state index contributed by atoms with van der Waals surface area (Å²) in [5.41, 5.74) is 0.887. The van der Waals surface area contributed by atoms with Crippen LogP contribution in [0.2, 0.25) is 5.02 Å². The van der Waals surface area contributed by atoms with Gasteiger partial charge in [0.05, 0.1) is 11.5 Å². The summed E-state index contributed by atoms with van der Waals surface area (Å²) in [4.78, 5) is 40.1. The number of anilines is 2. The number of ketones is 1. The maximum atomic E-state index is 15.4. The van der Waals surface area contributed by atoms with Crippen LogP contribution >= 0.6 is 11.6 Å². The molecule has 4 rings (SSSR count). The van der Waals surface area contributed by atoms with Crippen molar-refractivity contribution in [1.29, 1.82) is 0 Å². The van der Waals surface area contributed by atoms with E-state index in [9.17, 15) is 19.5 Å². The van der Waals surface area contributed by atoms with Gasteiger partial charge in [-0.05, 0) is 87.1 Å². The van der Waals surface area contributed by atoms with E-state index in [1.165, 1.54) is 13.0 Å². The molecule has 0 spiro atoms. The topological polar surface area (TPSA) is 86.7 Å². The molecule has 1 heterocycles. The third kappa shape index (κ3) is 6.30. The lowest BCUT2D eigenvalue weighted by atomic mass is 9.78. The Morgan fingerprint density at radius 2 is 1.78 bits per heavy atom. The fraction of sp³-hybridized carbons (Fsp3) is 0.364. The minimum Gasteiger partial charge on any atom is -0.481 e. The highest BCUT2D eigenvalue weighted by Crippen LogP contribution is 2.44. The zero-order valence-corrected chi connectivity index (χ0v) is 24.8. The van der Waals surface area contributed by atoms with Gasteiger partial charge in [-0.2, -0.15) is 0 Å². The van der Waals surface area contributed by atoms with Crippen molar-refractivity contribution in [3.63, 3.8) is 0 Å². The lowest BCUT2D eigenvalue weighted by Gasteiger charge is -2.44. The molecule has 1 aliphatic rings. The first-order valence-electron chi connectivity index (χ1n) is 13.7. The Labute approximate surface area is 245 Å². The normalized spacial score (nSPS) is 19.0. The van der Waals surface area contributed by atoms with E-state index in [0.717, 1.165) is 11.3 Å². The van der Waals surface area contributed by atoms with Crippen LogP contribution in [0.15, 0.2) is 66.7 Å². The Hall–Kier alpha value is -3.71. The molecule has 216 valence electrons. The molecule has 1 aliphatic heterocycles. The fourth-order valence-electron chi connectivity index (χ4n) is 5.54. The van der Waals surface area contributed by atoms with E-state index in [0.29, 0.717) is 29.1 Å². The summed E-state index contributed by atoms with van der Waals surface area (Å²) in [6.07, 6.45) is 1.15. The first kappa shape index (κ1) is 30.3. The Morgan fingerprint density at radius 3 is 2.39 bits per heavy atom. The number of para-hydroxylation sites is 1. The largest absolute Gasteiger partial charge is 0.481 e. The molecule has 3 aromatic rings. The van der Waals surface area contributed by atoms with E-state index in [1.54, 1.807) is 62.1 Å². The average Bonchev–Trinajstić information content (AvgIpc) is 2.92. The molecule has 3 atom stereocenters. The van der Waals surface area contributed by atoms with Crippen LogP contribution in [0.5, 0.6) is 0 Å². The minimum absolute atomic E-state index is 0.181. The minimum atomic E-state index is -1.13. The number of hydrogen-bond acceptors (Lipinski definition) is 4. The van der Waals surface area contributed by atoms with Gasteiger partial charge >= 0.3 is 5.97 Å². The quantitative estimate of drug-likeness (QED) is 0.251. The predicted octanol–water partition coefficient (Wildman–Crippen LogP) is 8.03.